The predicted octanol–water partition coefficient (Wildman–Crippen LogP) is -0.829. The topological polar surface area (TPSA) is 113 Å². The van der Waals surface area contributed by atoms with Crippen molar-refractivity contribution in [2.75, 3.05) is 31.1 Å². The Morgan fingerprint density at radius 3 is 2.35 bits per heavy atom. The number of carboxylic acid groups (broad SMARTS) is 1. The lowest BCUT2D eigenvalue weighted by Crippen LogP contribution is -2.52. The molecule has 8 heteroatoms. The van der Waals surface area contributed by atoms with Crippen molar-refractivity contribution in [3.8, 4) is 0 Å². The fourth-order valence-electron chi connectivity index (χ4n) is 2.12. The third-order valence-corrected chi connectivity index (χ3v) is 3.45. The van der Waals surface area contributed by atoms with Crippen molar-refractivity contribution in [2.45, 2.75) is 13.0 Å². The fourth-order valence-corrected chi connectivity index (χ4v) is 2.12. The number of nitrogens with two attached hydrogens (primary N) is 1. The molecule has 3 N–H and O–H groups in total. The molecule has 1 aliphatic heterocycles. The molecule has 2 rings (SSSR count). The van der Waals surface area contributed by atoms with Crippen molar-refractivity contribution < 1.29 is 14.7 Å². The number of aromatic nitrogens is 2. The Hall–Kier alpha value is -2.22. The average Bonchev–Trinajstić information content (AvgIpc) is 2.46. The molecule has 0 radical (unpaired) electrons. The van der Waals surface area contributed by atoms with Gasteiger partial charge in [0.2, 0.25) is 0 Å². The number of amides is 1. The lowest BCUT2D eigenvalue weighted by molar-refractivity contribution is -0.142. The molecule has 2 heterocycles. The van der Waals surface area contributed by atoms with E-state index in [1.54, 1.807) is 13.0 Å². The van der Waals surface area contributed by atoms with Crippen LogP contribution in [0.3, 0.4) is 0 Å². The van der Waals surface area contributed by atoms with Gasteiger partial charge in [-0.2, -0.15) is 0 Å². The number of anilines is 1. The Bertz CT molecular complexity index is 496. The summed E-state index contributed by atoms with van der Waals surface area (Å²) < 4.78 is 0. The number of nitrogens with zero attached hydrogens (tertiary/aromatic N) is 4. The molecule has 1 aromatic heterocycles. The number of rotatable bonds is 4. The Morgan fingerprint density at radius 2 is 1.90 bits per heavy atom. The van der Waals surface area contributed by atoms with E-state index in [4.69, 9.17) is 10.8 Å². The first-order valence-electron chi connectivity index (χ1n) is 6.34. The zero-order valence-corrected chi connectivity index (χ0v) is 11.2. The van der Waals surface area contributed by atoms with Crippen LogP contribution >= 0.6 is 0 Å². The van der Waals surface area contributed by atoms with Crippen LogP contribution in [0, 0.1) is 0 Å². The molecule has 0 spiro atoms. The predicted molar refractivity (Wildman–Crippen MR) is 71.4 cm³/mol. The Balaban J connectivity index is 1.96. The third-order valence-electron chi connectivity index (χ3n) is 3.45. The van der Waals surface area contributed by atoms with Gasteiger partial charge in [0.15, 0.2) is 11.5 Å². The summed E-state index contributed by atoms with van der Waals surface area (Å²) in [5.74, 6) is -0.758. The summed E-state index contributed by atoms with van der Waals surface area (Å²) in [4.78, 5) is 25.8. The minimum absolute atomic E-state index is 0.131. The summed E-state index contributed by atoms with van der Waals surface area (Å²) in [5, 5.41) is 16.7. The van der Waals surface area contributed by atoms with E-state index in [9.17, 15) is 9.59 Å². The zero-order valence-electron chi connectivity index (χ0n) is 11.2. The van der Waals surface area contributed by atoms with Crippen LogP contribution in [0.4, 0.5) is 5.82 Å². The van der Waals surface area contributed by atoms with E-state index >= 15 is 0 Å². The number of primary amides is 1. The van der Waals surface area contributed by atoms with Crippen molar-refractivity contribution in [3.63, 3.8) is 0 Å². The molecule has 0 bridgehead atoms. The standard InChI is InChI=1S/C12H17N5O3/c1-8(12(19)20)16-4-6-17(7-5-16)10-3-2-9(11(13)18)14-15-10/h2-3,8H,4-7H2,1H3,(H2,13,18)(H,19,20). The number of aliphatic carboxylic acids is 1. The van der Waals surface area contributed by atoms with Crippen molar-refractivity contribution >= 4 is 17.7 Å². The largest absolute Gasteiger partial charge is 0.480 e. The van der Waals surface area contributed by atoms with E-state index in [-0.39, 0.29) is 5.69 Å². The highest BCUT2D eigenvalue weighted by Gasteiger charge is 2.25. The molecule has 1 saturated heterocycles. The molecule has 1 unspecified atom stereocenters. The average molecular weight is 279 g/mol. The monoisotopic (exact) mass is 279 g/mol. The van der Waals surface area contributed by atoms with Crippen LogP contribution in [0.1, 0.15) is 17.4 Å². The van der Waals surface area contributed by atoms with Crippen LogP contribution in [0.5, 0.6) is 0 Å². The van der Waals surface area contributed by atoms with Gasteiger partial charge in [0, 0.05) is 26.2 Å². The fraction of sp³-hybridized carbons (Fsp3) is 0.500. The Kier molecular flexibility index (Phi) is 4.14. The van der Waals surface area contributed by atoms with Gasteiger partial charge in [0.1, 0.15) is 6.04 Å². The number of carbonyl (C=O) groups excluding carboxylic acids is 1. The number of hydrogen-bond acceptors (Lipinski definition) is 6. The van der Waals surface area contributed by atoms with Gasteiger partial charge >= 0.3 is 5.97 Å². The molecule has 1 atom stereocenters. The molecule has 1 aromatic rings. The van der Waals surface area contributed by atoms with Crippen LogP contribution in [-0.2, 0) is 4.79 Å². The van der Waals surface area contributed by atoms with Crippen molar-refractivity contribution in [1.29, 1.82) is 0 Å². The van der Waals surface area contributed by atoms with Gasteiger partial charge in [-0.25, -0.2) is 0 Å². The maximum absolute atomic E-state index is 10.9. The normalized spacial score (nSPS) is 17.8. The molecule has 1 fully saturated rings. The third kappa shape index (κ3) is 3.02. The molecule has 0 saturated carbocycles. The number of hydrogen-bond donors (Lipinski definition) is 2. The van der Waals surface area contributed by atoms with Gasteiger partial charge in [-0.1, -0.05) is 0 Å². The van der Waals surface area contributed by atoms with Gasteiger partial charge in [-0.3, -0.25) is 14.5 Å². The van der Waals surface area contributed by atoms with Gasteiger partial charge in [0.25, 0.3) is 5.91 Å². The number of carboxylic acids is 1. The molecule has 8 nitrogen and oxygen atoms in total. The van der Waals surface area contributed by atoms with E-state index in [0.717, 1.165) is 0 Å². The summed E-state index contributed by atoms with van der Waals surface area (Å²) in [7, 11) is 0. The Morgan fingerprint density at radius 1 is 1.25 bits per heavy atom. The summed E-state index contributed by atoms with van der Waals surface area (Å²) in [6, 6.07) is 2.75. The Labute approximate surface area is 116 Å². The summed E-state index contributed by atoms with van der Waals surface area (Å²) in [5.41, 5.74) is 5.24. The molecular formula is C12H17N5O3. The second-order valence-electron chi connectivity index (χ2n) is 4.68. The number of carbonyl (C=O) groups is 2. The lowest BCUT2D eigenvalue weighted by Gasteiger charge is -2.36. The first-order valence-corrected chi connectivity index (χ1v) is 6.34. The van der Waals surface area contributed by atoms with Crippen LogP contribution in [0.25, 0.3) is 0 Å². The van der Waals surface area contributed by atoms with Gasteiger partial charge < -0.3 is 15.7 Å². The maximum atomic E-state index is 10.9. The van der Waals surface area contributed by atoms with Gasteiger partial charge in [-0.15, -0.1) is 10.2 Å². The van der Waals surface area contributed by atoms with E-state index in [0.29, 0.717) is 32.0 Å². The van der Waals surface area contributed by atoms with E-state index in [1.165, 1.54) is 6.07 Å². The molecule has 0 aromatic carbocycles. The molecule has 108 valence electrons. The minimum Gasteiger partial charge on any atom is -0.480 e. The molecule has 1 aliphatic rings. The quantitative estimate of drug-likeness (QED) is 0.739. The van der Waals surface area contributed by atoms with Gasteiger partial charge in [-0.05, 0) is 19.1 Å². The minimum atomic E-state index is -0.816. The van der Waals surface area contributed by atoms with Crippen molar-refractivity contribution in [1.82, 2.24) is 15.1 Å². The van der Waals surface area contributed by atoms with Crippen LogP contribution in [0.15, 0.2) is 12.1 Å². The highest BCUT2D eigenvalue weighted by Crippen LogP contribution is 2.14. The highest BCUT2D eigenvalue weighted by molar-refractivity contribution is 5.90. The van der Waals surface area contributed by atoms with Crippen LogP contribution in [0.2, 0.25) is 0 Å². The van der Waals surface area contributed by atoms with E-state index < -0.39 is 17.9 Å². The zero-order chi connectivity index (χ0) is 14.7. The molecule has 0 aliphatic carbocycles. The lowest BCUT2D eigenvalue weighted by atomic mass is 10.2. The van der Waals surface area contributed by atoms with Crippen LogP contribution in [-0.4, -0.2) is 64.3 Å². The summed E-state index contributed by atoms with van der Waals surface area (Å²) in [6.45, 7) is 4.31. The molecular weight excluding hydrogens is 262 g/mol. The van der Waals surface area contributed by atoms with E-state index in [1.807, 2.05) is 9.80 Å². The number of piperazine rings is 1. The maximum Gasteiger partial charge on any atom is 0.320 e. The summed E-state index contributed by atoms with van der Waals surface area (Å²) >= 11 is 0. The van der Waals surface area contributed by atoms with Gasteiger partial charge in [0.05, 0.1) is 0 Å². The van der Waals surface area contributed by atoms with E-state index in [2.05, 4.69) is 10.2 Å². The highest BCUT2D eigenvalue weighted by atomic mass is 16.4. The SMILES string of the molecule is CC(C(=O)O)N1CCN(c2ccc(C(N)=O)nn2)CC1. The smallest absolute Gasteiger partial charge is 0.320 e. The molecule has 20 heavy (non-hydrogen) atoms. The first kappa shape index (κ1) is 14.2. The first-order chi connectivity index (χ1) is 9.49. The molecule has 1 amide bonds. The van der Waals surface area contributed by atoms with Crippen molar-refractivity contribution in [3.05, 3.63) is 17.8 Å². The van der Waals surface area contributed by atoms with Crippen molar-refractivity contribution in [2.24, 2.45) is 5.73 Å². The second kappa shape index (κ2) is 5.83. The van der Waals surface area contributed by atoms with Crippen LogP contribution < -0.4 is 10.6 Å². The summed E-state index contributed by atoms with van der Waals surface area (Å²) in [6.07, 6.45) is 0. The second-order valence-corrected chi connectivity index (χ2v) is 4.68.